The van der Waals surface area contributed by atoms with Crippen molar-refractivity contribution in [1.82, 2.24) is 19.9 Å². The number of pyridine rings is 4. The van der Waals surface area contributed by atoms with Crippen LogP contribution in [-0.4, -0.2) is 19.9 Å². The Morgan fingerprint density at radius 3 is 1.17 bits per heavy atom. The summed E-state index contributed by atoms with van der Waals surface area (Å²) in [6.45, 7) is 0. The maximum atomic E-state index is 5.07. The van der Waals surface area contributed by atoms with Gasteiger partial charge in [-0.05, 0) is 69.1 Å². The van der Waals surface area contributed by atoms with Gasteiger partial charge in [0.2, 0.25) is 0 Å². The fraction of sp³-hybridized carbons (Fsp3) is 0. The highest BCUT2D eigenvalue weighted by atomic mass is 14.8. The zero-order valence-electron chi connectivity index (χ0n) is 29.1. The predicted molar refractivity (Wildman–Crippen MR) is 224 cm³/mol. The molecule has 0 aliphatic rings. The summed E-state index contributed by atoms with van der Waals surface area (Å²) in [5.41, 5.74) is 12.2. The van der Waals surface area contributed by atoms with Gasteiger partial charge in [0.05, 0.1) is 33.5 Å². The first-order valence-electron chi connectivity index (χ1n) is 18.2. The van der Waals surface area contributed by atoms with Gasteiger partial charge in [-0.1, -0.05) is 133 Å². The van der Waals surface area contributed by atoms with Crippen molar-refractivity contribution in [3.05, 3.63) is 182 Å². The lowest BCUT2D eigenvalue weighted by Crippen LogP contribution is -1.91. The van der Waals surface area contributed by atoms with E-state index in [0.717, 1.165) is 88.4 Å². The van der Waals surface area contributed by atoms with E-state index in [-0.39, 0.29) is 0 Å². The quantitative estimate of drug-likeness (QED) is 0.137. The third-order valence-electron chi connectivity index (χ3n) is 10.7. The van der Waals surface area contributed by atoms with Crippen LogP contribution in [0.4, 0.5) is 0 Å². The van der Waals surface area contributed by atoms with Crippen LogP contribution in [0.1, 0.15) is 0 Å². The molecule has 7 aromatic carbocycles. The van der Waals surface area contributed by atoms with Gasteiger partial charge < -0.3 is 0 Å². The van der Waals surface area contributed by atoms with E-state index in [0.29, 0.717) is 0 Å². The molecule has 4 heterocycles. The van der Waals surface area contributed by atoms with Crippen LogP contribution in [0.3, 0.4) is 0 Å². The molecular formula is C50H30N4. The Morgan fingerprint density at radius 2 is 0.704 bits per heavy atom. The average Bonchev–Trinajstić information content (AvgIpc) is 3.25. The van der Waals surface area contributed by atoms with Crippen molar-refractivity contribution in [2.45, 2.75) is 0 Å². The smallest absolute Gasteiger partial charge is 0.0972 e. The molecule has 0 amide bonds. The molecular weight excluding hydrogens is 657 g/mol. The van der Waals surface area contributed by atoms with Gasteiger partial charge >= 0.3 is 0 Å². The summed E-state index contributed by atoms with van der Waals surface area (Å²) in [6.07, 6.45) is 3.99. The number of hydrogen-bond acceptors (Lipinski definition) is 4. The molecule has 0 fully saturated rings. The molecule has 11 aromatic rings. The van der Waals surface area contributed by atoms with Gasteiger partial charge in [-0.25, -0.2) is 9.97 Å². The molecule has 11 rings (SSSR count). The molecule has 0 saturated carbocycles. The molecule has 4 aromatic heterocycles. The Labute approximate surface area is 311 Å². The van der Waals surface area contributed by atoms with E-state index < -0.39 is 0 Å². The number of benzene rings is 7. The SMILES string of the molecule is c1ccc(-c2ccc3ccc4cc(-c5cccc6cc7c(-c8cnc9c(ccc%10ccc(-c%11ccccc%11)nc%109)c8)cccc7cc56)cnc4c3n2)cc1. The van der Waals surface area contributed by atoms with E-state index in [1.54, 1.807) is 0 Å². The van der Waals surface area contributed by atoms with Gasteiger partial charge in [0, 0.05) is 56.2 Å². The normalized spacial score (nSPS) is 11.7. The molecule has 0 N–H and O–H groups in total. The predicted octanol–water partition coefficient (Wildman–Crippen LogP) is 12.9. The van der Waals surface area contributed by atoms with Crippen LogP contribution in [0.15, 0.2) is 182 Å². The Hall–Kier alpha value is -7.30. The van der Waals surface area contributed by atoms with E-state index in [4.69, 9.17) is 19.9 Å². The van der Waals surface area contributed by atoms with Crippen LogP contribution in [0.5, 0.6) is 0 Å². The number of nitrogens with zero attached hydrogens (tertiary/aromatic N) is 4. The first-order valence-corrected chi connectivity index (χ1v) is 18.2. The van der Waals surface area contributed by atoms with E-state index in [9.17, 15) is 0 Å². The molecule has 0 aliphatic heterocycles. The highest BCUT2D eigenvalue weighted by molar-refractivity contribution is 6.11. The first-order chi connectivity index (χ1) is 26.7. The third-order valence-corrected chi connectivity index (χ3v) is 10.7. The lowest BCUT2D eigenvalue weighted by atomic mass is 9.92. The second kappa shape index (κ2) is 12.1. The van der Waals surface area contributed by atoms with Crippen molar-refractivity contribution in [3.63, 3.8) is 0 Å². The maximum Gasteiger partial charge on any atom is 0.0972 e. The molecule has 4 heteroatoms. The van der Waals surface area contributed by atoms with Crippen molar-refractivity contribution in [1.29, 1.82) is 0 Å². The maximum absolute atomic E-state index is 5.07. The fourth-order valence-electron chi connectivity index (χ4n) is 7.95. The molecule has 0 unspecified atom stereocenters. The average molecular weight is 687 g/mol. The molecule has 4 nitrogen and oxygen atoms in total. The van der Waals surface area contributed by atoms with E-state index in [2.05, 4.69) is 133 Å². The van der Waals surface area contributed by atoms with Crippen molar-refractivity contribution < 1.29 is 0 Å². The van der Waals surface area contributed by atoms with E-state index in [1.807, 2.05) is 48.8 Å². The van der Waals surface area contributed by atoms with Gasteiger partial charge in [-0.2, -0.15) is 0 Å². The van der Waals surface area contributed by atoms with Crippen molar-refractivity contribution in [2.75, 3.05) is 0 Å². The van der Waals surface area contributed by atoms with Crippen LogP contribution in [0.25, 0.3) is 110 Å². The number of fused-ring (bicyclic) bond motifs is 8. The molecule has 0 saturated heterocycles. The third kappa shape index (κ3) is 5.00. The monoisotopic (exact) mass is 686 g/mol. The van der Waals surface area contributed by atoms with Crippen molar-refractivity contribution >= 4 is 65.2 Å². The largest absolute Gasteiger partial charge is 0.253 e. The molecule has 0 radical (unpaired) electrons. The zero-order chi connectivity index (χ0) is 35.6. The van der Waals surface area contributed by atoms with Crippen LogP contribution in [0, 0.1) is 0 Å². The second-order valence-electron chi connectivity index (χ2n) is 13.9. The van der Waals surface area contributed by atoms with E-state index in [1.165, 1.54) is 21.5 Å². The lowest BCUT2D eigenvalue weighted by molar-refractivity contribution is 1.37. The molecule has 0 aliphatic carbocycles. The van der Waals surface area contributed by atoms with Crippen molar-refractivity contribution in [2.24, 2.45) is 0 Å². The number of aromatic nitrogens is 4. The highest BCUT2D eigenvalue weighted by Gasteiger charge is 2.14. The van der Waals surface area contributed by atoms with Crippen LogP contribution < -0.4 is 0 Å². The first kappa shape index (κ1) is 30.3. The molecule has 54 heavy (non-hydrogen) atoms. The van der Waals surface area contributed by atoms with Crippen LogP contribution in [-0.2, 0) is 0 Å². The van der Waals surface area contributed by atoms with Crippen molar-refractivity contribution in [3.8, 4) is 44.8 Å². The minimum atomic E-state index is 0.911. The van der Waals surface area contributed by atoms with Crippen LogP contribution >= 0.6 is 0 Å². The summed E-state index contributed by atoms with van der Waals surface area (Å²) in [6, 6.07) is 59.9. The standard InChI is InChI=1S/C50H30N4/c1-3-9-31(10-4-1)45-23-21-33-17-19-37-25-39(29-51-47(37)49(33)53-45)41-15-7-13-35-28-44-36(27-43(35)41)14-8-16-42(44)40-26-38-20-18-34-22-24-46(32-11-5-2-6-12-32)54-50(34)48(38)52-30-40/h1-30H. The molecule has 0 spiro atoms. The van der Waals surface area contributed by atoms with E-state index >= 15 is 0 Å². The van der Waals surface area contributed by atoms with Gasteiger partial charge in [-0.3, -0.25) is 9.97 Å². The Bertz CT molecular complexity index is 3040. The Balaban J connectivity index is 1.00. The highest BCUT2D eigenvalue weighted by Crippen LogP contribution is 2.38. The summed E-state index contributed by atoms with van der Waals surface area (Å²) in [7, 11) is 0. The summed E-state index contributed by atoms with van der Waals surface area (Å²) in [4.78, 5) is 20.2. The second-order valence-corrected chi connectivity index (χ2v) is 13.9. The van der Waals surface area contributed by atoms with Gasteiger partial charge in [0.1, 0.15) is 0 Å². The van der Waals surface area contributed by atoms with Gasteiger partial charge in [0.25, 0.3) is 0 Å². The number of hydrogen-bond donors (Lipinski definition) is 0. The summed E-state index contributed by atoms with van der Waals surface area (Å²) in [5.74, 6) is 0. The summed E-state index contributed by atoms with van der Waals surface area (Å²) in [5, 5.41) is 9.04. The zero-order valence-corrected chi connectivity index (χ0v) is 29.1. The minimum absolute atomic E-state index is 0.911. The number of rotatable bonds is 4. The lowest BCUT2D eigenvalue weighted by Gasteiger charge is -2.13. The summed E-state index contributed by atoms with van der Waals surface area (Å²) < 4.78 is 0. The molecule has 0 bridgehead atoms. The Kier molecular flexibility index (Phi) is 6.82. The topological polar surface area (TPSA) is 51.6 Å². The fourth-order valence-corrected chi connectivity index (χ4v) is 7.95. The Morgan fingerprint density at radius 1 is 0.278 bits per heavy atom. The van der Waals surface area contributed by atoms with Gasteiger partial charge in [0.15, 0.2) is 0 Å². The van der Waals surface area contributed by atoms with Crippen LogP contribution in [0.2, 0.25) is 0 Å². The molecule has 250 valence electrons. The van der Waals surface area contributed by atoms with Gasteiger partial charge in [-0.15, -0.1) is 0 Å². The molecule has 0 atom stereocenters. The minimum Gasteiger partial charge on any atom is -0.253 e. The summed E-state index contributed by atoms with van der Waals surface area (Å²) >= 11 is 0.